The predicted octanol–water partition coefficient (Wildman–Crippen LogP) is 1.52. The molecular weight excluding hydrogens is 246 g/mol. The van der Waals surface area contributed by atoms with Crippen molar-refractivity contribution in [1.29, 1.82) is 0 Å². The summed E-state index contributed by atoms with van der Waals surface area (Å²) in [7, 11) is 0. The first-order chi connectivity index (χ1) is 8.79. The second-order valence-electron chi connectivity index (χ2n) is 4.09. The number of hydrogen-bond donors (Lipinski definition) is 1. The van der Waals surface area contributed by atoms with E-state index in [0.717, 1.165) is 33.6 Å². The van der Waals surface area contributed by atoms with Crippen LogP contribution in [-0.2, 0) is 0 Å². The van der Waals surface area contributed by atoms with Crippen LogP contribution in [-0.4, -0.2) is 32.9 Å². The van der Waals surface area contributed by atoms with Gasteiger partial charge in [0.25, 0.3) is 0 Å². The summed E-state index contributed by atoms with van der Waals surface area (Å²) < 4.78 is 1.79. The van der Waals surface area contributed by atoms with Crippen LogP contribution >= 0.6 is 11.8 Å². The highest BCUT2D eigenvalue weighted by molar-refractivity contribution is 7.99. The minimum Gasteiger partial charge on any atom is -0.325 e. The van der Waals surface area contributed by atoms with Crippen LogP contribution in [0.15, 0.2) is 34.5 Å². The molecule has 2 heterocycles. The molecule has 0 radical (unpaired) electrons. The second kappa shape index (κ2) is 4.55. The molecule has 0 aliphatic carbocycles. The van der Waals surface area contributed by atoms with Crippen molar-refractivity contribution >= 4 is 17.5 Å². The summed E-state index contributed by atoms with van der Waals surface area (Å²) in [6, 6.07) is 8.09. The topological polar surface area (TPSA) is 69.1 Å². The summed E-state index contributed by atoms with van der Waals surface area (Å²) in [5.41, 5.74) is 8.82. The van der Waals surface area contributed by atoms with E-state index < -0.39 is 0 Å². The molecule has 0 atom stereocenters. The number of hydrogen-bond acceptors (Lipinski definition) is 5. The lowest BCUT2D eigenvalue weighted by atomic mass is 10.1. The van der Waals surface area contributed by atoms with Gasteiger partial charge in [0.05, 0.1) is 5.71 Å². The number of nitrogens with two attached hydrogens (primary N) is 1. The Kier molecular flexibility index (Phi) is 2.89. The maximum atomic E-state index is 5.65. The molecule has 2 aromatic rings. The molecule has 18 heavy (non-hydrogen) atoms. The fourth-order valence-electron chi connectivity index (χ4n) is 1.86. The molecule has 3 rings (SSSR count). The van der Waals surface area contributed by atoms with Gasteiger partial charge >= 0.3 is 0 Å². The molecule has 6 heteroatoms. The molecule has 92 valence electrons. The van der Waals surface area contributed by atoms with Gasteiger partial charge in [-0.3, -0.25) is 0 Å². The van der Waals surface area contributed by atoms with Crippen LogP contribution in [0.5, 0.6) is 0 Å². The Morgan fingerprint density at radius 3 is 2.94 bits per heavy atom. The molecule has 0 fully saturated rings. The number of thioether (sulfide) groups is 1. The summed E-state index contributed by atoms with van der Waals surface area (Å²) in [6.07, 6.45) is 0. The van der Waals surface area contributed by atoms with E-state index in [1.165, 1.54) is 0 Å². The molecule has 2 N–H and O–H groups in total. The van der Waals surface area contributed by atoms with Gasteiger partial charge in [0.15, 0.2) is 5.82 Å². The van der Waals surface area contributed by atoms with Crippen LogP contribution < -0.4 is 5.73 Å². The number of nitrogens with zero attached hydrogens (tertiary/aromatic N) is 4. The monoisotopic (exact) mass is 259 g/mol. The summed E-state index contributed by atoms with van der Waals surface area (Å²) in [6.45, 7) is 2.53. The summed E-state index contributed by atoms with van der Waals surface area (Å²) in [5.74, 6) is 1.57. The van der Waals surface area contributed by atoms with Gasteiger partial charge in [-0.05, 0) is 12.5 Å². The third kappa shape index (κ3) is 1.83. The first kappa shape index (κ1) is 11.4. The van der Waals surface area contributed by atoms with Crippen molar-refractivity contribution in [2.45, 2.75) is 12.1 Å². The minimum absolute atomic E-state index is 0.470. The SMILES string of the molecule is Cc1ccccc1-c1nnc2n1N=C(CN)CS2. The molecule has 5 nitrogen and oxygen atoms in total. The molecule has 1 aliphatic rings. The highest BCUT2D eigenvalue weighted by atomic mass is 32.2. The standard InChI is InChI=1S/C12H13N5S/c1-8-4-2-3-5-10(8)11-14-15-12-17(11)16-9(6-13)7-18-12/h2-5H,6-7,13H2,1H3. The van der Waals surface area contributed by atoms with E-state index in [1.54, 1.807) is 16.4 Å². The number of aromatic nitrogens is 3. The Morgan fingerprint density at radius 2 is 2.17 bits per heavy atom. The van der Waals surface area contributed by atoms with Gasteiger partial charge in [-0.25, -0.2) is 0 Å². The van der Waals surface area contributed by atoms with E-state index in [9.17, 15) is 0 Å². The third-order valence-corrected chi connectivity index (χ3v) is 3.83. The van der Waals surface area contributed by atoms with Crippen LogP contribution in [0.3, 0.4) is 0 Å². The summed E-state index contributed by atoms with van der Waals surface area (Å²) in [5, 5.41) is 13.7. The van der Waals surface area contributed by atoms with Crippen molar-refractivity contribution in [1.82, 2.24) is 14.9 Å². The van der Waals surface area contributed by atoms with E-state index in [-0.39, 0.29) is 0 Å². The van der Waals surface area contributed by atoms with E-state index >= 15 is 0 Å². The van der Waals surface area contributed by atoms with Gasteiger partial charge in [0.1, 0.15) is 0 Å². The third-order valence-electron chi connectivity index (χ3n) is 2.84. The van der Waals surface area contributed by atoms with E-state index in [1.807, 2.05) is 18.2 Å². The van der Waals surface area contributed by atoms with Gasteiger partial charge in [0, 0.05) is 17.9 Å². The maximum absolute atomic E-state index is 5.65. The van der Waals surface area contributed by atoms with Gasteiger partial charge in [-0.1, -0.05) is 36.0 Å². The molecule has 0 unspecified atom stereocenters. The smallest absolute Gasteiger partial charge is 0.212 e. The molecule has 0 bridgehead atoms. The molecule has 1 aromatic heterocycles. The zero-order valence-corrected chi connectivity index (χ0v) is 10.8. The van der Waals surface area contributed by atoms with Crippen LogP contribution in [0.4, 0.5) is 0 Å². The van der Waals surface area contributed by atoms with Crippen molar-refractivity contribution in [2.75, 3.05) is 12.3 Å². The minimum atomic E-state index is 0.470. The average Bonchev–Trinajstić information content (AvgIpc) is 2.82. The second-order valence-corrected chi connectivity index (χ2v) is 5.03. The zero-order chi connectivity index (χ0) is 12.5. The molecule has 0 amide bonds. The molecule has 0 saturated carbocycles. The highest BCUT2D eigenvalue weighted by Gasteiger charge is 2.19. The maximum Gasteiger partial charge on any atom is 0.212 e. The number of benzene rings is 1. The Balaban J connectivity index is 2.14. The molecular formula is C12H13N5S. The lowest BCUT2D eigenvalue weighted by Crippen LogP contribution is -2.21. The fourth-order valence-corrected chi connectivity index (χ4v) is 2.67. The number of fused-ring (bicyclic) bond motifs is 1. The molecule has 0 spiro atoms. The van der Waals surface area contributed by atoms with Crippen LogP contribution in [0, 0.1) is 6.92 Å². The quantitative estimate of drug-likeness (QED) is 0.887. The van der Waals surface area contributed by atoms with Crippen molar-refractivity contribution in [3.05, 3.63) is 29.8 Å². The Labute approximate surface area is 109 Å². The zero-order valence-electron chi connectivity index (χ0n) is 10.00. The normalized spacial score (nSPS) is 14.2. The van der Waals surface area contributed by atoms with Crippen molar-refractivity contribution in [3.63, 3.8) is 0 Å². The van der Waals surface area contributed by atoms with Gasteiger partial charge in [-0.15, -0.1) is 10.2 Å². The van der Waals surface area contributed by atoms with Crippen molar-refractivity contribution in [3.8, 4) is 11.4 Å². The molecule has 1 aromatic carbocycles. The van der Waals surface area contributed by atoms with E-state index in [4.69, 9.17) is 5.73 Å². The van der Waals surface area contributed by atoms with Crippen LogP contribution in [0.2, 0.25) is 0 Å². The summed E-state index contributed by atoms with van der Waals surface area (Å²) in [4.78, 5) is 0. The van der Waals surface area contributed by atoms with Crippen LogP contribution in [0.25, 0.3) is 11.4 Å². The highest BCUT2D eigenvalue weighted by Crippen LogP contribution is 2.28. The Hall–Kier alpha value is -1.66. The first-order valence-corrected chi connectivity index (χ1v) is 6.69. The summed E-state index contributed by atoms with van der Waals surface area (Å²) >= 11 is 1.62. The van der Waals surface area contributed by atoms with Gasteiger partial charge in [0.2, 0.25) is 5.16 Å². The van der Waals surface area contributed by atoms with Crippen molar-refractivity contribution < 1.29 is 0 Å². The average molecular weight is 259 g/mol. The number of aryl methyl sites for hydroxylation is 1. The number of rotatable bonds is 2. The Bertz CT molecular complexity index is 617. The van der Waals surface area contributed by atoms with Crippen LogP contribution in [0.1, 0.15) is 5.56 Å². The van der Waals surface area contributed by atoms with Gasteiger partial charge < -0.3 is 5.73 Å². The lowest BCUT2D eigenvalue weighted by Gasteiger charge is -2.12. The molecule has 1 aliphatic heterocycles. The lowest BCUT2D eigenvalue weighted by molar-refractivity contribution is 0.758. The molecule has 0 saturated heterocycles. The fraction of sp³-hybridized carbons (Fsp3) is 0.250. The first-order valence-electron chi connectivity index (χ1n) is 5.70. The Morgan fingerprint density at radius 1 is 1.33 bits per heavy atom. The van der Waals surface area contributed by atoms with E-state index in [2.05, 4.69) is 28.3 Å². The van der Waals surface area contributed by atoms with Gasteiger partial charge in [-0.2, -0.15) is 9.78 Å². The predicted molar refractivity (Wildman–Crippen MR) is 72.8 cm³/mol. The van der Waals surface area contributed by atoms with E-state index in [0.29, 0.717) is 6.54 Å². The largest absolute Gasteiger partial charge is 0.325 e. The van der Waals surface area contributed by atoms with Crippen molar-refractivity contribution in [2.24, 2.45) is 10.8 Å².